The minimum absolute atomic E-state index is 0.192. The fourth-order valence-electron chi connectivity index (χ4n) is 2.30. The normalized spacial score (nSPS) is 12.3. The summed E-state index contributed by atoms with van der Waals surface area (Å²) < 4.78 is 13.2. The first-order chi connectivity index (χ1) is 9.70. The summed E-state index contributed by atoms with van der Waals surface area (Å²) in [6, 6.07) is 15.3. The zero-order valence-corrected chi connectivity index (χ0v) is 12.3. The average Bonchev–Trinajstić information content (AvgIpc) is 2.48. The Labute approximate surface area is 124 Å². The van der Waals surface area contributed by atoms with Crippen molar-refractivity contribution in [3.63, 3.8) is 0 Å². The van der Waals surface area contributed by atoms with Gasteiger partial charge in [0.05, 0.1) is 5.02 Å². The standard InChI is InChI=1S/C17H19ClFN/c1-2-20-12-15(14-6-4-3-5-7-14)10-13-8-9-17(19)16(18)11-13/h3-9,11,15,20H,2,10,12H2,1H3. The summed E-state index contributed by atoms with van der Waals surface area (Å²) in [5.41, 5.74) is 2.34. The van der Waals surface area contributed by atoms with Crippen molar-refractivity contribution in [3.8, 4) is 0 Å². The Morgan fingerprint density at radius 2 is 1.90 bits per heavy atom. The van der Waals surface area contributed by atoms with Crippen LogP contribution >= 0.6 is 11.6 Å². The van der Waals surface area contributed by atoms with Crippen LogP contribution < -0.4 is 5.32 Å². The molecule has 0 bridgehead atoms. The molecule has 0 aliphatic heterocycles. The second-order valence-corrected chi connectivity index (χ2v) is 5.28. The van der Waals surface area contributed by atoms with E-state index >= 15 is 0 Å². The molecule has 20 heavy (non-hydrogen) atoms. The Hall–Kier alpha value is -1.38. The van der Waals surface area contributed by atoms with Crippen molar-refractivity contribution in [3.05, 3.63) is 70.5 Å². The lowest BCUT2D eigenvalue weighted by molar-refractivity contribution is 0.592. The van der Waals surface area contributed by atoms with Gasteiger partial charge in [0, 0.05) is 12.5 Å². The van der Waals surface area contributed by atoms with Crippen LogP contribution in [0.3, 0.4) is 0 Å². The summed E-state index contributed by atoms with van der Waals surface area (Å²) in [5, 5.41) is 3.58. The molecule has 2 rings (SSSR count). The SMILES string of the molecule is CCNCC(Cc1ccc(F)c(Cl)c1)c1ccccc1. The molecule has 0 amide bonds. The van der Waals surface area contributed by atoms with E-state index in [0.29, 0.717) is 5.92 Å². The van der Waals surface area contributed by atoms with Gasteiger partial charge in [-0.1, -0.05) is 54.9 Å². The maximum absolute atomic E-state index is 13.2. The first-order valence-electron chi connectivity index (χ1n) is 6.90. The predicted molar refractivity (Wildman–Crippen MR) is 82.8 cm³/mol. The van der Waals surface area contributed by atoms with Gasteiger partial charge in [-0.15, -0.1) is 0 Å². The molecular weight excluding hydrogens is 273 g/mol. The molecular formula is C17H19ClFN. The first-order valence-corrected chi connectivity index (χ1v) is 7.28. The quantitative estimate of drug-likeness (QED) is 0.831. The van der Waals surface area contributed by atoms with Crippen LogP contribution in [0.2, 0.25) is 5.02 Å². The van der Waals surface area contributed by atoms with Gasteiger partial charge in [-0.3, -0.25) is 0 Å². The summed E-state index contributed by atoms with van der Waals surface area (Å²) in [4.78, 5) is 0. The van der Waals surface area contributed by atoms with Gasteiger partial charge in [0.1, 0.15) is 5.82 Å². The van der Waals surface area contributed by atoms with Crippen molar-refractivity contribution >= 4 is 11.6 Å². The molecule has 1 nitrogen and oxygen atoms in total. The van der Waals surface area contributed by atoms with Crippen molar-refractivity contribution in [2.75, 3.05) is 13.1 Å². The van der Waals surface area contributed by atoms with Crippen molar-refractivity contribution in [1.82, 2.24) is 5.32 Å². The molecule has 1 atom stereocenters. The summed E-state index contributed by atoms with van der Waals surface area (Å²) >= 11 is 5.86. The van der Waals surface area contributed by atoms with Gasteiger partial charge in [-0.2, -0.15) is 0 Å². The van der Waals surface area contributed by atoms with Crippen LogP contribution in [0.1, 0.15) is 24.0 Å². The molecule has 1 N–H and O–H groups in total. The van der Waals surface area contributed by atoms with E-state index in [1.165, 1.54) is 11.6 Å². The van der Waals surface area contributed by atoms with Crippen LogP contribution in [0.5, 0.6) is 0 Å². The lowest BCUT2D eigenvalue weighted by Gasteiger charge is -2.18. The average molecular weight is 292 g/mol. The molecule has 0 aliphatic carbocycles. The number of nitrogens with one attached hydrogen (secondary N) is 1. The topological polar surface area (TPSA) is 12.0 Å². The number of rotatable bonds is 6. The molecule has 0 saturated heterocycles. The molecule has 0 fully saturated rings. The monoisotopic (exact) mass is 291 g/mol. The molecule has 0 saturated carbocycles. The van der Waals surface area contributed by atoms with E-state index < -0.39 is 0 Å². The zero-order chi connectivity index (χ0) is 14.4. The number of likely N-dealkylation sites (N-methyl/N-ethyl adjacent to an activating group) is 1. The molecule has 3 heteroatoms. The number of hydrogen-bond acceptors (Lipinski definition) is 1. The zero-order valence-electron chi connectivity index (χ0n) is 11.6. The maximum Gasteiger partial charge on any atom is 0.141 e. The second-order valence-electron chi connectivity index (χ2n) is 4.87. The molecule has 0 radical (unpaired) electrons. The van der Waals surface area contributed by atoms with Crippen molar-refractivity contribution < 1.29 is 4.39 Å². The van der Waals surface area contributed by atoms with Crippen LogP contribution in [0, 0.1) is 5.82 Å². The first kappa shape index (κ1) is 15.0. The summed E-state index contributed by atoms with van der Waals surface area (Å²) in [5.74, 6) is -0.00367. The van der Waals surface area contributed by atoms with Gasteiger partial charge in [0.15, 0.2) is 0 Å². The van der Waals surface area contributed by atoms with Gasteiger partial charge in [0.2, 0.25) is 0 Å². The van der Waals surface area contributed by atoms with E-state index in [1.54, 1.807) is 6.07 Å². The van der Waals surface area contributed by atoms with Crippen LogP contribution in [-0.2, 0) is 6.42 Å². The fourth-order valence-corrected chi connectivity index (χ4v) is 2.51. The number of benzene rings is 2. The van der Waals surface area contributed by atoms with Crippen LogP contribution in [0.4, 0.5) is 4.39 Å². The van der Waals surface area contributed by atoms with Gasteiger partial charge < -0.3 is 5.32 Å². The van der Waals surface area contributed by atoms with Crippen molar-refractivity contribution in [2.45, 2.75) is 19.3 Å². The Balaban J connectivity index is 2.17. The van der Waals surface area contributed by atoms with Crippen molar-refractivity contribution in [1.29, 1.82) is 0 Å². The minimum Gasteiger partial charge on any atom is -0.316 e. The van der Waals surface area contributed by atoms with Crippen molar-refractivity contribution in [2.24, 2.45) is 0 Å². The van der Waals surface area contributed by atoms with E-state index in [4.69, 9.17) is 11.6 Å². The smallest absolute Gasteiger partial charge is 0.141 e. The fraction of sp³-hybridized carbons (Fsp3) is 0.294. The van der Waals surface area contributed by atoms with E-state index in [1.807, 2.05) is 24.3 Å². The second kappa shape index (κ2) is 7.41. The molecule has 0 aromatic heterocycles. The summed E-state index contributed by atoms with van der Waals surface area (Å²) in [7, 11) is 0. The summed E-state index contributed by atoms with van der Waals surface area (Å²) in [6.07, 6.45) is 0.844. The molecule has 0 heterocycles. The Kier molecular flexibility index (Phi) is 5.57. The minimum atomic E-state index is -0.363. The predicted octanol–water partition coefficient (Wildman–Crippen LogP) is 4.41. The van der Waals surface area contributed by atoms with Gasteiger partial charge in [-0.05, 0) is 36.2 Å². The maximum atomic E-state index is 13.2. The van der Waals surface area contributed by atoms with Gasteiger partial charge in [0.25, 0.3) is 0 Å². The third kappa shape index (κ3) is 4.06. The lowest BCUT2D eigenvalue weighted by atomic mass is 9.92. The van der Waals surface area contributed by atoms with E-state index in [9.17, 15) is 4.39 Å². The van der Waals surface area contributed by atoms with E-state index in [2.05, 4.69) is 24.4 Å². The highest BCUT2D eigenvalue weighted by molar-refractivity contribution is 6.30. The summed E-state index contributed by atoms with van der Waals surface area (Å²) in [6.45, 7) is 3.93. The highest BCUT2D eigenvalue weighted by atomic mass is 35.5. The molecule has 106 valence electrons. The lowest BCUT2D eigenvalue weighted by Crippen LogP contribution is -2.22. The van der Waals surface area contributed by atoms with E-state index in [0.717, 1.165) is 25.1 Å². The highest BCUT2D eigenvalue weighted by Crippen LogP contribution is 2.23. The third-order valence-electron chi connectivity index (χ3n) is 3.38. The van der Waals surface area contributed by atoms with Crippen LogP contribution in [0.25, 0.3) is 0 Å². The number of halogens is 2. The Bertz CT molecular complexity index is 542. The third-order valence-corrected chi connectivity index (χ3v) is 3.67. The Morgan fingerprint density at radius 3 is 2.55 bits per heavy atom. The number of hydrogen-bond donors (Lipinski definition) is 1. The van der Waals surface area contributed by atoms with Gasteiger partial charge in [-0.25, -0.2) is 4.39 Å². The molecule has 0 aliphatic rings. The highest BCUT2D eigenvalue weighted by Gasteiger charge is 2.12. The molecule has 0 spiro atoms. The Morgan fingerprint density at radius 1 is 1.15 bits per heavy atom. The van der Waals surface area contributed by atoms with Crippen LogP contribution in [0.15, 0.2) is 48.5 Å². The molecule has 2 aromatic carbocycles. The van der Waals surface area contributed by atoms with Crippen LogP contribution in [-0.4, -0.2) is 13.1 Å². The van der Waals surface area contributed by atoms with Gasteiger partial charge >= 0.3 is 0 Å². The largest absolute Gasteiger partial charge is 0.316 e. The van der Waals surface area contributed by atoms with E-state index in [-0.39, 0.29) is 10.8 Å². The molecule has 1 unspecified atom stereocenters. The molecule has 2 aromatic rings.